The van der Waals surface area contributed by atoms with E-state index in [1.165, 1.54) is 13.8 Å². The first-order valence-electron chi connectivity index (χ1n) is 5.91. The predicted octanol–water partition coefficient (Wildman–Crippen LogP) is -0.0905. The number of nitrogens with two attached hydrogens (primary N) is 1. The minimum Gasteiger partial charge on any atom is -0.451 e. The van der Waals surface area contributed by atoms with Crippen molar-refractivity contribution in [2.24, 2.45) is 5.73 Å². The molecule has 0 bridgehead atoms. The van der Waals surface area contributed by atoms with Gasteiger partial charge in [0.2, 0.25) is 10.0 Å². The van der Waals surface area contributed by atoms with E-state index >= 15 is 0 Å². The molecule has 7 nitrogen and oxygen atoms in total. The van der Waals surface area contributed by atoms with Crippen molar-refractivity contribution in [2.45, 2.75) is 30.9 Å². The number of carbonyl (C=O) groups excluding carboxylic acids is 2. The van der Waals surface area contributed by atoms with Gasteiger partial charge in [-0.25, -0.2) is 12.8 Å². The van der Waals surface area contributed by atoms with Gasteiger partial charge < -0.3 is 10.5 Å². The molecule has 1 amide bonds. The molecule has 1 aromatic carbocycles. The van der Waals surface area contributed by atoms with Crippen molar-refractivity contribution in [3.63, 3.8) is 0 Å². The number of benzene rings is 1. The molecule has 0 aromatic heterocycles. The van der Waals surface area contributed by atoms with Gasteiger partial charge in [0.15, 0.2) is 6.10 Å². The third-order valence-electron chi connectivity index (χ3n) is 2.50. The number of ether oxygens (including phenoxy) is 1. The molecule has 3 N–H and O–H groups in total. The number of hydrogen-bond acceptors (Lipinski definition) is 5. The maximum atomic E-state index is 12.8. The number of carbonyl (C=O) groups is 2. The van der Waals surface area contributed by atoms with Crippen LogP contribution in [0, 0.1) is 5.82 Å². The van der Waals surface area contributed by atoms with Gasteiger partial charge in [-0.2, -0.15) is 4.72 Å². The second kappa shape index (κ2) is 6.64. The summed E-state index contributed by atoms with van der Waals surface area (Å²) in [5, 5.41) is 0. The largest absolute Gasteiger partial charge is 0.451 e. The van der Waals surface area contributed by atoms with Gasteiger partial charge in [-0.3, -0.25) is 9.59 Å². The molecule has 0 heterocycles. The zero-order chi connectivity index (χ0) is 16.2. The molecule has 1 rings (SSSR count). The summed E-state index contributed by atoms with van der Waals surface area (Å²) in [6.07, 6.45) is -1.17. The molecular weight excluding hydrogens is 303 g/mol. The second-order valence-electron chi connectivity index (χ2n) is 4.28. The Kier molecular flexibility index (Phi) is 5.39. The summed E-state index contributed by atoms with van der Waals surface area (Å²) in [6.45, 7) is 2.51. The Balaban J connectivity index is 2.77. The lowest BCUT2D eigenvalue weighted by molar-refractivity contribution is -0.155. The third-order valence-corrected chi connectivity index (χ3v) is 4.06. The van der Waals surface area contributed by atoms with Crippen LogP contribution in [0.3, 0.4) is 0 Å². The monoisotopic (exact) mass is 318 g/mol. The van der Waals surface area contributed by atoms with Gasteiger partial charge >= 0.3 is 5.97 Å². The summed E-state index contributed by atoms with van der Waals surface area (Å²) in [4.78, 5) is 22.2. The van der Waals surface area contributed by atoms with Gasteiger partial charge in [0.05, 0.1) is 4.90 Å². The number of amides is 1. The van der Waals surface area contributed by atoms with Crippen LogP contribution < -0.4 is 10.5 Å². The van der Waals surface area contributed by atoms with E-state index in [0.29, 0.717) is 0 Å². The van der Waals surface area contributed by atoms with E-state index in [0.717, 1.165) is 24.3 Å². The molecule has 0 radical (unpaired) electrons. The number of nitrogens with one attached hydrogen (secondary N) is 1. The van der Waals surface area contributed by atoms with E-state index in [2.05, 4.69) is 9.46 Å². The van der Waals surface area contributed by atoms with E-state index < -0.39 is 39.9 Å². The van der Waals surface area contributed by atoms with Crippen LogP contribution in [-0.2, 0) is 24.3 Å². The Bertz CT molecular complexity index is 630. The summed E-state index contributed by atoms with van der Waals surface area (Å²) < 4.78 is 43.4. The predicted molar refractivity (Wildman–Crippen MR) is 70.9 cm³/mol. The van der Waals surface area contributed by atoms with Crippen LogP contribution in [0.5, 0.6) is 0 Å². The third kappa shape index (κ3) is 4.80. The quantitative estimate of drug-likeness (QED) is 0.711. The first kappa shape index (κ1) is 17.1. The van der Waals surface area contributed by atoms with Crippen LogP contribution >= 0.6 is 0 Å². The molecule has 0 aliphatic carbocycles. The minimum absolute atomic E-state index is 0.202. The molecule has 1 aromatic rings. The molecule has 21 heavy (non-hydrogen) atoms. The van der Waals surface area contributed by atoms with E-state index in [1.54, 1.807) is 0 Å². The summed E-state index contributed by atoms with van der Waals surface area (Å²) in [6, 6.07) is 2.84. The normalized spacial score (nSPS) is 14.2. The Hall–Kier alpha value is -2.00. The lowest BCUT2D eigenvalue weighted by atomic mass is 10.3. The number of primary amides is 1. The molecule has 116 valence electrons. The lowest BCUT2D eigenvalue weighted by Crippen LogP contribution is -2.42. The van der Waals surface area contributed by atoms with Crippen LogP contribution in [0.15, 0.2) is 29.2 Å². The maximum absolute atomic E-state index is 12.8. The van der Waals surface area contributed by atoms with E-state index in [1.807, 2.05) is 0 Å². The Morgan fingerprint density at radius 3 is 2.24 bits per heavy atom. The highest BCUT2D eigenvalue weighted by atomic mass is 32.2. The number of esters is 1. The van der Waals surface area contributed by atoms with E-state index in [4.69, 9.17) is 5.73 Å². The van der Waals surface area contributed by atoms with Crippen molar-refractivity contribution in [3.8, 4) is 0 Å². The van der Waals surface area contributed by atoms with Crippen LogP contribution in [0.1, 0.15) is 13.8 Å². The minimum atomic E-state index is -4.01. The highest BCUT2D eigenvalue weighted by Crippen LogP contribution is 2.10. The summed E-state index contributed by atoms with van der Waals surface area (Å²) in [5.41, 5.74) is 4.93. The summed E-state index contributed by atoms with van der Waals surface area (Å²) in [7, 11) is -4.01. The average Bonchev–Trinajstić information content (AvgIpc) is 2.38. The molecule has 0 aliphatic heterocycles. The van der Waals surface area contributed by atoms with E-state index in [-0.39, 0.29) is 4.90 Å². The van der Waals surface area contributed by atoms with Crippen LogP contribution in [0.25, 0.3) is 0 Å². The molecule has 0 spiro atoms. The fourth-order valence-corrected chi connectivity index (χ4v) is 2.49. The number of hydrogen-bond donors (Lipinski definition) is 2. The van der Waals surface area contributed by atoms with Crippen molar-refractivity contribution in [3.05, 3.63) is 30.1 Å². The fourth-order valence-electron chi connectivity index (χ4n) is 1.30. The molecule has 0 aliphatic rings. The summed E-state index contributed by atoms with van der Waals surface area (Å²) >= 11 is 0. The zero-order valence-corrected chi connectivity index (χ0v) is 12.2. The molecule has 0 saturated carbocycles. The number of rotatable bonds is 6. The van der Waals surface area contributed by atoms with Crippen molar-refractivity contribution >= 4 is 21.9 Å². The molecule has 2 atom stereocenters. The van der Waals surface area contributed by atoms with Crippen molar-refractivity contribution in [2.75, 3.05) is 0 Å². The van der Waals surface area contributed by atoms with Crippen LogP contribution in [0.4, 0.5) is 4.39 Å². The van der Waals surface area contributed by atoms with Crippen molar-refractivity contribution < 1.29 is 27.1 Å². The van der Waals surface area contributed by atoms with Gasteiger partial charge in [-0.15, -0.1) is 0 Å². The molecule has 0 fully saturated rings. The van der Waals surface area contributed by atoms with Gasteiger partial charge in [-0.1, -0.05) is 0 Å². The van der Waals surface area contributed by atoms with E-state index in [9.17, 15) is 22.4 Å². The highest BCUT2D eigenvalue weighted by molar-refractivity contribution is 7.89. The maximum Gasteiger partial charge on any atom is 0.324 e. The average molecular weight is 318 g/mol. The molecule has 0 saturated heterocycles. The fraction of sp³-hybridized carbons (Fsp3) is 0.333. The number of sulfonamides is 1. The smallest absolute Gasteiger partial charge is 0.324 e. The Labute approximate surface area is 121 Å². The first-order chi connectivity index (χ1) is 9.63. The molecular formula is C12H15FN2O5S. The Morgan fingerprint density at radius 2 is 1.76 bits per heavy atom. The van der Waals surface area contributed by atoms with Crippen molar-refractivity contribution in [1.29, 1.82) is 0 Å². The first-order valence-corrected chi connectivity index (χ1v) is 7.39. The Morgan fingerprint density at radius 1 is 1.24 bits per heavy atom. The topological polar surface area (TPSA) is 116 Å². The standard InChI is InChI=1S/C12H15FN2O5S/c1-7(12(17)20-8(2)11(14)16)15-21(18,19)10-5-3-9(13)4-6-10/h3-8,15H,1-2H3,(H2,14,16). The van der Waals surface area contributed by atoms with Gasteiger partial charge in [0.25, 0.3) is 5.91 Å². The molecule has 9 heteroatoms. The van der Waals surface area contributed by atoms with Crippen molar-refractivity contribution in [1.82, 2.24) is 4.72 Å². The SMILES string of the molecule is CC(NS(=O)(=O)c1ccc(F)cc1)C(=O)OC(C)C(N)=O. The van der Waals surface area contributed by atoms with Gasteiger partial charge in [-0.05, 0) is 38.1 Å². The lowest BCUT2D eigenvalue weighted by Gasteiger charge is -2.16. The summed E-state index contributed by atoms with van der Waals surface area (Å²) in [5.74, 6) is -2.39. The van der Waals surface area contributed by atoms with Crippen LogP contribution in [-0.4, -0.2) is 32.4 Å². The van der Waals surface area contributed by atoms with Gasteiger partial charge in [0, 0.05) is 0 Å². The van der Waals surface area contributed by atoms with Crippen LogP contribution in [0.2, 0.25) is 0 Å². The number of halogens is 1. The molecule has 2 unspecified atom stereocenters. The highest BCUT2D eigenvalue weighted by Gasteiger charge is 2.25. The van der Waals surface area contributed by atoms with Gasteiger partial charge in [0.1, 0.15) is 11.9 Å². The second-order valence-corrected chi connectivity index (χ2v) is 5.99. The zero-order valence-electron chi connectivity index (χ0n) is 11.4.